The lowest BCUT2D eigenvalue weighted by atomic mass is 10.1. The van der Waals surface area contributed by atoms with Crippen molar-refractivity contribution in [2.75, 3.05) is 0 Å². The fraction of sp³-hybridized carbons (Fsp3) is 0. The normalized spacial score (nSPS) is 10.7. The minimum atomic E-state index is -4.12. The van der Waals surface area contributed by atoms with Gasteiger partial charge in [-0.15, -0.1) is 0 Å². The maximum absolute atomic E-state index is 12.5. The number of benzene rings is 2. The van der Waals surface area contributed by atoms with Crippen LogP contribution in [0.1, 0.15) is 0 Å². The summed E-state index contributed by atoms with van der Waals surface area (Å²) in [6.07, 6.45) is 0. The maximum Gasteiger partial charge on any atom is 0.476 e. The first-order chi connectivity index (χ1) is 12.5. The summed E-state index contributed by atoms with van der Waals surface area (Å²) in [4.78, 5) is 17.6. The highest BCUT2D eigenvalue weighted by Crippen LogP contribution is 2.26. The Morgan fingerprint density at radius 3 is 2.31 bits per heavy atom. The Morgan fingerprint density at radius 2 is 1.73 bits per heavy atom. The molecule has 0 aliphatic rings. The van der Waals surface area contributed by atoms with Gasteiger partial charge in [0.25, 0.3) is 10.0 Å². The van der Waals surface area contributed by atoms with Crippen LogP contribution in [0.5, 0.6) is 0 Å². The van der Waals surface area contributed by atoms with Gasteiger partial charge < -0.3 is 0 Å². The largest absolute Gasteiger partial charge is 0.476 e. The third-order valence-electron chi connectivity index (χ3n) is 3.57. The topological polar surface area (TPSA) is 149 Å². The van der Waals surface area contributed by atoms with Gasteiger partial charge in [-0.2, -0.15) is 0 Å². The average Bonchev–Trinajstić information content (AvgIpc) is 2.99. The molecule has 0 aliphatic carbocycles. The lowest BCUT2D eigenvalue weighted by molar-refractivity contribution is 0.597. The number of H-pyrrole nitrogens is 1. The first-order valence-corrected chi connectivity index (χ1v) is 8.59. The van der Waals surface area contributed by atoms with Crippen LogP contribution in [-0.4, -0.2) is 18.2 Å². The highest BCUT2D eigenvalue weighted by molar-refractivity contribution is 7.90. The van der Waals surface area contributed by atoms with Crippen LogP contribution in [-0.2, 0) is 10.0 Å². The van der Waals surface area contributed by atoms with Crippen molar-refractivity contribution in [2.24, 2.45) is 4.52 Å². The lowest BCUT2D eigenvalue weighted by Crippen LogP contribution is -2.13. The number of nitrogens with zero attached hydrogens (tertiary/aromatic N) is 6. The molecule has 26 heavy (non-hydrogen) atoms. The number of sulfonamides is 1. The second-order valence-corrected chi connectivity index (χ2v) is 6.67. The monoisotopic (exact) mass is 368 g/mol. The maximum atomic E-state index is 12.5. The zero-order chi connectivity index (χ0) is 18.7. The van der Waals surface area contributed by atoms with E-state index in [9.17, 15) is 18.6 Å². The van der Waals surface area contributed by atoms with Crippen LogP contribution < -0.4 is 5.56 Å². The van der Waals surface area contributed by atoms with Gasteiger partial charge in [0.15, 0.2) is 10.7 Å². The van der Waals surface area contributed by atoms with Crippen LogP contribution in [0.15, 0.2) is 68.8 Å². The molecule has 0 amide bonds. The summed E-state index contributed by atoms with van der Waals surface area (Å²) in [5.41, 5.74) is 8.76. The number of azide groups is 1. The molecule has 0 spiro atoms. The van der Waals surface area contributed by atoms with E-state index in [0.29, 0.717) is 16.9 Å². The number of aromatic nitrogens is 2. The molecule has 0 saturated carbocycles. The third kappa shape index (κ3) is 2.93. The van der Waals surface area contributed by atoms with Crippen molar-refractivity contribution in [1.29, 1.82) is 5.39 Å². The Hall–Kier alpha value is -3.87. The summed E-state index contributed by atoms with van der Waals surface area (Å²) in [5.74, 6) is 0. The van der Waals surface area contributed by atoms with Crippen LogP contribution in [0, 0.1) is 5.39 Å². The zero-order valence-electron chi connectivity index (χ0n) is 13.0. The summed E-state index contributed by atoms with van der Waals surface area (Å²) >= 11 is 0. The molecule has 10 nitrogen and oxygen atoms in total. The highest BCUT2D eigenvalue weighted by Gasteiger charge is 2.27. The van der Waals surface area contributed by atoms with Gasteiger partial charge in [-0.3, -0.25) is 9.89 Å². The van der Waals surface area contributed by atoms with E-state index in [1.165, 1.54) is 24.3 Å². The van der Waals surface area contributed by atoms with Crippen molar-refractivity contribution in [3.63, 3.8) is 0 Å². The van der Waals surface area contributed by atoms with Crippen LogP contribution >= 0.6 is 0 Å². The van der Waals surface area contributed by atoms with Gasteiger partial charge in [-0.25, -0.2) is 13.1 Å². The number of diazo groups is 1. The van der Waals surface area contributed by atoms with E-state index in [2.05, 4.69) is 19.5 Å². The van der Waals surface area contributed by atoms with Gasteiger partial charge in [0.2, 0.25) is 5.39 Å². The predicted molar refractivity (Wildman–Crippen MR) is 92.9 cm³/mol. The fourth-order valence-corrected chi connectivity index (χ4v) is 3.04. The van der Waals surface area contributed by atoms with E-state index in [-0.39, 0.29) is 10.6 Å². The second-order valence-electron chi connectivity index (χ2n) is 5.08. The van der Waals surface area contributed by atoms with E-state index >= 15 is 0 Å². The fourth-order valence-electron chi connectivity index (χ4n) is 2.37. The molecule has 0 aliphatic heterocycles. The summed E-state index contributed by atoms with van der Waals surface area (Å²) in [5, 5.41) is 12.0. The Labute approximate surface area is 146 Å². The second kappa shape index (κ2) is 6.56. The SMILES string of the molecule is N#[N+]c1c(-c2ccccc2)[nH]n(-c2ccc(S(=O)(=O)N=[N+]=[N-])cc2)c1=O. The molecule has 1 heterocycles. The smallest absolute Gasteiger partial charge is 0.283 e. The third-order valence-corrected chi connectivity index (χ3v) is 4.72. The van der Waals surface area contributed by atoms with E-state index in [1.807, 2.05) is 0 Å². The number of hydrogen-bond acceptors (Lipinski definition) is 4. The van der Waals surface area contributed by atoms with E-state index in [4.69, 9.17) is 5.53 Å². The van der Waals surface area contributed by atoms with Gasteiger partial charge in [0, 0.05) is 15.0 Å². The van der Waals surface area contributed by atoms with Gasteiger partial charge >= 0.3 is 11.2 Å². The van der Waals surface area contributed by atoms with E-state index < -0.39 is 15.6 Å². The molecule has 0 fully saturated rings. The number of hydrogen-bond donors (Lipinski definition) is 1. The molecule has 1 N–H and O–H groups in total. The average molecular weight is 368 g/mol. The summed E-state index contributed by atoms with van der Waals surface area (Å²) in [6, 6.07) is 13.9. The summed E-state index contributed by atoms with van der Waals surface area (Å²) < 4.78 is 27.2. The molecule has 11 heteroatoms. The standard InChI is InChI=1S/C15H9N7O3S/c16-18-14-13(10-4-2-1-3-5-10)19-22(15(14)23)11-6-8-12(9-7-11)26(24,25)21-20-17/h1-9H/p+1. The molecule has 0 bridgehead atoms. The van der Waals surface area contributed by atoms with Crippen molar-refractivity contribution in [1.82, 2.24) is 9.78 Å². The van der Waals surface area contributed by atoms with Gasteiger partial charge in [0.05, 0.1) is 10.6 Å². The molecular formula is C15H10N7O3S+. The first-order valence-electron chi connectivity index (χ1n) is 7.15. The van der Waals surface area contributed by atoms with Crippen LogP contribution in [0.2, 0.25) is 0 Å². The first kappa shape index (κ1) is 17.0. The summed E-state index contributed by atoms with van der Waals surface area (Å²) in [7, 11) is -4.12. The molecular weight excluding hydrogens is 358 g/mol. The Bertz CT molecular complexity index is 1210. The lowest BCUT2D eigenvalue weighted by Gasteiger charge is -2.03. The number of rotatable bonds is 4. The number of aromatic amines is 1. The molecule has 1 aromatic heterocycles. The van der Waals surface area contributed by atoms with Crippen molar-refractivity contribution >= 4 is 15.7 Å². The molecule has 3 rings (SSSR count). The van der Waals surface area contributed by atoms with Crippen molar-refractivity contribution < 1.29 is 8.42 Å². The highest BCUT2D eigenvalue weighted by atomic mass is 32.2. The van der Waals surface area contributed by atoms with E-state index in [0.717, 1.165) is 4.68 Å². The molecule has 2 aromatic carbocycles. The van der Waals surface area contributed by atoms with Crippen molar-refractivity contribution in [2.45, 2.75) is 4.90 Å². The van der Waals surface area contributed by atoms with Gasteiger partial charge in [-0.1, -0.05) is 30.3 Å². The van der Waals surface area contributed by atoms with Crippen molar-refractivity contribution in [3.8, 4) is 16.9 Å². The Kier molecular flexibility index (Phi) is 4.28. The molecule has 0 saturated heterocycles. The molecule has 128 valence electrons. The van der Waals surface area contributed by atoms with Crippen LogP contribution in [0.3, 0.4) is 0 Å². The number of nitrogens with one attached hydrogen (secondary N) is 1. The van der Waals surface area contributed by atoms with Crippen LogP contribution in [0.25, 0.3) is 32.4 Å². The predicted octanol–water partition coefficient (Wildman–Crippen LogP) is 3.32. The molecule has 0 unspecified atom stereocenters. The quantitative estimate of drug-likeness (QED) is 0.325. The molecule has 3 aromatic rings. The Morgan fingerprint density at radius 1 is 1.08 bits per heavy atom. The van der Waals surface area contributed by atoms with Crippen molar-refractivity contribution in [3.05, 3.63) is 80.4 Å². The zero-order valence-corrected chi connectivity index (χ0v) is 13.8. The minimum absolute atomic E-state index is 0.179. The van der Waals surface area contributed by atoms with Gasteiger partial charge in [-0.05, 0) is 29.8 Å². The summed E-state index contributed by atoms with van der Waals surface area (Å²) in [6.45, 7) is 0. The van der Waals surface area contributed by atoms with Crippen LogP contribution in [0.4, 0.5) is 5.69 Å². The Balaban J connectivity index is 2.12. The minimum Gasteiger partial charge on any atom is -0.283 e. The van der Waals surface area contributed by atoms with Gasteiger partial charge in [0.1, 0.15) is 0 Å². The molecule has 0 atom stereocenters. The molecule has 0 radical (unpaired) electrons. The van der Waals surface area contributed by atoms with E-state index in [1.54, 1.807) is 30.3 Å².